The van der Waals surface area contributed by atoms with Gasteiger partial charge in [0.15, 0.2) is 5.84 Å². The second-order valence-corrected chi connectivity index (χ2v) is 4.28. The fourth-order valence-corrected chi connectivity index (χ4v) is 1.79. The average Bonchev–Trinajstić information content (AvgIpc) is 2.52. The molecular weight excluding hydrogens is 254 g/mol. The smallest absolute Gasteiger partial charge is 0.213 e. The Hall–Kier alpha value is -2.56. The molecule has 20 heavy (non-hydrogen) atoms. The number of ether oxygens (including phenoxy) is 1. The second-order valence-electron chi connectivity index (χ2n) is 4.28. The van der Waals surface area contributed by atoms with E-state index in [9.17, 15) is 0 Å². The topological polar surface area (TPSA) is 80.7 Å². The van der Waals surface area contributed by atoms with Gasteiger partial charge >= 0.3 is 0 Å². The van der Waals surface area contributed by atoms with Gasteiger partial charge in [-0.1, -0.05) is 41.6 Å². The van der Waals surface area contributed by atoms with Gasteiger partial charge in [-0.2, -0.15) is 0 Å². The molecule has 5 heteroatoms. The number of pyridine rings is 1. The molecule has 0 aliphatic heterocycles. The van der Waals surface area contributed by atoms with Crippen molar-refractivity contribution in [2.24, 2.45) is 10.9 Å². The van der Waals surface area contributed by atoms with E-state index >= 15 is 0 Å². The van der Waals surface area contributed by atoms with E-state index in [2.05, 4.69) is 22.3 Å². The number of aromatic nitrogens is 1. The molecule has 0 atom stereocenters. The molecule has 0 bridgehead atoms. The van der Waals surface area contributed by atoms with Crippen LogP contribution in [0.3, 0.4) is 0 Å². The zero-order valence-electron chi connectivity index (χ0n) is 11.1. The molecular formula is C15H17N3O2. The Morgan fingerprint density at radius 3 is 2.70 bits per heavy atom. The van der Waals surface area contributed by atoms with Crippen molar-refractivity contribution in [2.75, 3.05) is 6.61 Å². The number of aryl methyl sites for hydroxylation is 1. The number of hydrogen-bond donors (Lipinski definition) is 2. The number of rotatable bonds is 6. The van der Waals surface area contributed by atoms with Crippen molar-refractivity contribution in [1.29, 1.82) is 0 Å². The number of hydrogen-bond acceptors (Lipinski definition) is 4. The van der Waals surface area contributed by atoms with Crippen molar-refractivity contribution < 1.29 is 9.94 Å². The summed E-state index contributed by atoms with van der Waals surface area (Å²) < 4.78 is 5.56. The number of nitrogens with zero attached hydrogens (tertiary/aromatic N) is 2. The molecule has 0 saturated carbocycles. The van der Waals surface area contributed by atoms with Crippen LogP contribution in [0.1, 0.15) is 17.7 Å². The first-order valence-corrected chi connectivity index (χ1v) is 6.41. The highest BCUT2D eigenvalue weighted by Crippen LogP contribution is 2.09. The predicted molar refractivity (Wildman–Crippen MR) is 77.0 cm³/mol. The van der Waals surface area contributed by atoms with E-state index in [-0.39, 0.29) is 5.84 Å². The zero-order chi connectivity index (χ0) is 14.2. The summed E-state index contributed by atoms with van der Waals surface area (Å²) in [5.41, 5.74) is 7.16. The minimum absolute atomic E-state index is 0.0280. The van der Waals surface area contributed by atoms with E-state index in [1.165, 1.54) is 5.56 Å². The fourth-order valence-electron chi connectivity index (χ4n) is 1.79. The first-order chi connectivity index (χ1) is 9.79. The van der Waals surface area contributed by atoms with Gasteiger partial charge in [-0.3, -0.25) is 0 Å². The fraction of sp³-hybridized carbons (Fsp3) is 0.200. The highest BCUT2D eigenvalue weighted by atomic mass is 16.5. The van der Waals surface area contributed by atoms with Crippen LogP contribution in [0.25, 0.3) is 0 Å². The molecule has 2 rings (SSSR count). The summed E-state index contributed by atoms with van der Waals surface area (Å²) in [7, 11) is 0. The van der Waals surface area contributed by atoms with Crippen molar-refractivity contribution in [3.05, 3.63) is 59.8 Å². The molecule has 3 N–H and O–H groups in total. The van der Waals surface area contributed by atoms with Gasteiger partial charge in [0, 0.05) is 6.07 Å². The second kappa shape index (κ2) is 7.13. The van der Waals surface area contributed by atoms with Crippen molar-refractivity contribution in [1.82, 2.24) is 4.98 Å². The molecule has 2 aromatic rings. The van der Waals surface area contributed by atoms with Crippen LogP contribution in [0.4, 0.5) is 0 Å². The molecule has 0 saturated heterocycles. The number of benzene rings is 1. The third kappa shape index (κ3) is 3.98. The maximum atomic E-state index is 8.60. The van der Waals surface area contributed by atoms with Crippen LogP contribution in [0.2, 0.25) is 0 Å². The van der Waals surface area contributed by atoms with Crippen molar-refractivity contribution in [3.8, 4) is 5.88 Å². The Morgan fingerprint density at radius 1 is 1.15 bits per heavy atom. The summed E-state index contributed by atoms with van der Waals surface area (Å²) in [6.07, 6.45) is 1.86. The minimum atomic E-state index is -0.0280. The van der Waals surface area contributed by atoms with Crippen LogP contribution < -0.4 is 10.5 Å². The van der Waals surface area contributed by atoms with Crippen LogP contribution in [-0.4, -0.2) is 22.6 Å². The highest BCUT2D eigenvalue weighted by molar-refractivity contribution is 5.95. The zero-order valence-corrected chi connectivity index (χ0v) is 11.1. The molecule has 0 fully saturated rings. The first kappa shape index (κ1) is 13.9. The van der Waals surface area contributed by atoms with E-state index in [1.807, 2.05) is 18.2 Å². The molecule has 0 aliphatic rings. The maximum absolute atomic E-state index is 8.60. The monoisotopic (exact) mass is 271 g/mol. The van der Waals surface area contributed by atoms with Crippen LogP contribution >= 0.6 is 0 Å². The molecule has 104 valence electrons. The standard InChI is InChI=1S/C15H17N3O2/c16-15(18-19)13-9-4-10-14(17-13)20-11-5-8-12-6-2-1-3-7-12/h1-4,6-7,9-10,19H,5,8,11H2,(H2,16,18). The highest BCUT2D eigenvalue weighted by Gasteiger charge is 2.03. The minimum Gasteiger partial charge on any atom is -0.478 e. The normalized spacial score (nSPS) is 11.3. The van der Waals surface area contributed by atoms with Crippen molar-refractivity contribution in [3.63, 3.8) is 0 Å². The number of nitrogens with two attached hydrogens (primary N) is 1. The maximum Gasteiger partial charge on any atom is 0.213 e. The average molecular weight is 271 g/mol. The lowest BCUT2D eigenvalue weighted by Gasteiger charge is -2.06. The lowest BCUT2D eigenvalue weighted by molar-refractivity contribution is 0.298. The summed E-state index contributed by atoms with van der Waals surface area (Å²) >= 11 is 0. The summed E-state index contributed by atoms with van der Waals surface area (Å²) in [5, 5.41) is 11.5. The van der Waals surface area contributed by atoms with Crippen molar-refractivity contribution in [2.45, 2.75) is 12.8 Å². The molecule has 1 aromatic carbocycles. The Morgan fingerprint density at radius 2 is 1.95 bits per heavy atom. The van der Waals surface area contributed by atoms with Gasteiger partial charge in [0.25, 0.3) is 0 Å². The molecule has 0 unspecified atom stereocenters. The summed E-state index contributed by atoms with van der Waals surface area (Å²) in [4.78, 5) is 4.15. The Kier molecular flexibility index (Phi) is 4.94. The summed E-state index contributed by atoms with van der Waals surface area (Å²) in [5.74, 6) is 0.446. The van der Waals surface area contributed by atoms with Gasteiger partial charge in [0.05, 0.1) is 6.61 Å². The van der Waals surface area contributed by atoms with Gasteiger partial charge in [-0.25, -0.2) is 4.98 Å². The third-order valence-electron chi connectivity index (χ3n) is 2.80. The Bertz CT molecular complexity index is 570. The molecule has 0 radical (unpaired) electrons. The SMILES string of the molecule is NC(=NO)c1cccc(OCCCc2ccccc2)n1. The van der Waals surface area contributed by atoms with Crippen LogP contribution in [-0.2, 0) is 6.42 Å². The molecule has 1 aromatic heterocycles. The van der Waals surface area contributed by atoms with Gasteiger partial charge < -0.3 is 15.7 Å². The molecule has 0 amide bonds. The van der Waals surface area contributed by atoms with E-state index in [0.717, 1.165) is 12.8 Å². The van der Waals surface area contributed by atoms with Gasteiger partial charge in [-0.05, 0) is 24.5 Å². The lowest BCUT2D eigenvalue weighted by atomic mass is 10.1. The molecule has 0 aliphatic carbocycles. The lowest BCUT2D eigenvalue weighted by Crippen LogP contribution is -2.15. The van der Waals surface area contributed by atoms with Crippen LogP contribution in [0, 0.1) is 0 Å². The summed E-state index contributed by atoms with van der Waals surface area (Å²) in [6, 6.07) is 15.4. The van der Waals surface area contributed by atoms with Gasteiger partial charge in [0.1, 0.15) is 5.69 Å². The van der Waals surface area contributed by atoms with E-state index < -0.39 is 0 Å². The molecule has 5 nitrogen and oxygen atoms in total. The number of oxime groups is 1. The summed E-state index contributed by atoms with van der Waals surface area (Å²) in [6.45, 7) is 0.571. The van der Waals surface area contributed by atoms with Crippen LogP contribution in [0.5, 0.6) is 5.88 Å². The number of amidine groups is 1. The molecule has 0 spiro atoms. The largest absolute Gasteiger partial charge is 0.478 e. The third-order valence-corrected chi connectivity index (χ3v) is 2.80. The van der Waals surface area contributed by atoms with E-state index in [4.69, 9.17) is 15.7 Å². The van der Waals surface area contributed by atoms with Crippen LogP contribution in [0.15, 0.2) is 53.7 Å². The molecule has 1 heterocycles. The Labute approximate surface area is 117 Å². The predicted octanol–water partition coefficient (Wildman–Crippen LogP) is 2.19. The first-order valence-electron chi connectivity index (χ1n) is 6.41. The quantitative estimate of drug-likeness (QED) is 0.277. The van der Waals surface area contributed by atoms with Gasteiger partial charge in [0.2, 0.25) is 5.88 Å². The van der Waals surface area contributed by atoms with E-state index in [1.54, 1.807) is 18.2 Å². The van der Waals surface area contributed by atoms with E-state index in [0.29, 0.717) is 18.2 Å². The van der Waals surface area contributed by atoms with Crippen molar-refractivity contribution >= 4 is 5.84 Å². The Balaban J connectivity index is 1.82. The van der Waals surface area contributed by atoms with Gasteiger partial charge in [-0.15, -0.1) is 0 Å².